The Hall–Kier alpha value is -1.74. The lowest BCUT2D eigenvalue weighted by molar-refractivity contribution is 0.107. The molecular weight excluding hydrogens is 230 g/mol. The van der Waals surface area contributed by atoms with E-state index in [1.807, 2.05) is 0 Å². The van der Waals surface area contributed by atoms with Gasteiger partial charge in [0.05, 0.1) is 5.56 Å². The minimum Gasteiger partial charge on any atom is -0.504 e. The zero-order valence-corrected chi connectivity index (χ0v) is 7.79. The first-order chi connectivity index (χ1) is 6.97. The Morgan fingerprint density at radius 1 is 1.67 bits per heavy atom. The maximum Gasteiger partial charge on any atom is 0.280 e. The van der Waals surface area contributed by atoms with Gasteiger partial charge in [0.2, 0.25) is 0 Å². The average Bonchev–Trinajstić information content (AvgIpc) is 2.17. The van der Waals surface area contributed by atoms with E-state index in [0.717, 1.165) is 0 Å². The molecule has 0 fully saturated rings. The number of aromatic nitrogens is 1. The third-order valence-electron chi connectivity index (χ3n) is 1.54. The molecule has 0 radical (unpaired) electrons. The van der Waals surface area contributed by atoms with Crippen LogP contribution in [0.5, 0.6) is 5.75 Å². The van der Waals surface area contributed by atoms with E-state index in [2.05, 4.69) is 4.98 Å². The molecule has 0 aliphatic heterocycles. The summed E-state index contributed by atoms with van der Waals surface area (Å²) in [4.78, 5) is 13.8. The van der Waals surface area contributed by atoms with Crippen molar-refractivity contribution in [3.8, 4) is 11.8 Å². The van der Waals surface area contributed by atoms with Gasteiger partial charge in [-0.3, -0.25) is 4.79 Å². The first kappa shape index (κ1) is 11.3. The number of nitrogens with zero attached hydrogens (tertiary/aromatic N) is 2. The number of carbonyl (C=O) groups is 1. The fourth-order valence-electron chi connectivity index (χ4n) is 0.892. The van der Waals surface area contributed by atoms with Crippen LogP contribution in [0.4, 0.5) is 8.78 Å². The van der Waals surface area contributed by atoms with E-state index in [1.165, 1.54) is 6.07 Å². The van der Waals surface area contributed by atoms with Gasteiger partial charge >= 0.3 is 0 Å². The number of nitriles is 1. The van der Waals surface area contributed by atoms with Crippen LogP contribution in [0.3, 0.4) is 0 Å². The summed E-state index contributed by atoms with van der Waals surface area (Å²) < 4.78 is 24.5. The van der Waals surface area contributed by atoms with E-state index in [9.17, 15) is 18.7 Å². The van der Waals surface area contributed by atoms with Crippen LogP contribution in [0, 0.1) is 11.3 Å². The number of halogens is 3. The van der Waals surface area contributed by atoms with Gasteiger partial charge < -0.3 is 5.11 Å². The maximum absolute atomic E-state index is 12.3. The number of alkyl halides is 2. The standard InChI is InChI=1S/C8H3ClF2N2O2/c9-7(15)5-6(14)3(2-12)1-4(13-5)8(10)11/h1,8,14H. The molecule has 1 heterocycles. The summed E-state index contributed by atoms with van der Waals surface area (Å²) in [7, 11) is 0. The van der Waals surface area contributed by atoms with Gasteiger partial charge in [-0.15, -0.1) is 0 Å². The second-order valence-corrected chi connectivity index (χ2v) is 2.82. The molecule has 0 unspecified atom stereocenters. The van der Waals surface area contributed by atoms with E-state index < -0.39 is 34.4 Å². The van der Waals surface area contributed by atoms with Crippen molar-refractivity contribution in [1.29, 1.82) is 5.26 Å². The highest BCUT2D eigenvalue weighted by atomic mass is 35.5. The molecule has 1 aromatic heterocycles. The van der Waals surface area contributed by atoms with Crippen molar-refractivity contribution in [2.45, 2.75) is 6.43 Å². The predicted molar refractivity (Wildman–Crippen MR) is 45.8 cm³/mol. The van der Waals surface area contributed by atoms with Crippen LogP contribution in [0.1, 0.15) is 28.2 Å². The summed E-state index contributed by atoms with van der Waals surface area (Å²) in [5.74, 6) is -0.790. The number of carbonyl (C=O) groups excluding carboxylic acids is 1. The summed E-state index contributed by atoms with van der Waals surface area (Å²) in [6.07, 6.45) is -2.95. The lowest BCUT2D eigenvalue weighted by Crippen LogP contribution is -2.01. The Morgan fingerprint density at radius 2 is 2.27 bits per heavy atom. The summed E-state index contributed by atoms with van der Waals surface area (Å²) >= 11 is 5.00. The molecule has 0 aliphatic rings. The zero-order valence-electron chi connectivity index (χ0n) is 7.04. The summed E-state index contributed by atoms with van der Waals surface area (Å²) in [6.45, 7) is 0. The van der Waals surface area contributed by atoms with E-state index in [4.69, 9.17) is 16.9 Å². The number of hydrogen-bond donors (Lipinski definition) is 1. The number of rotatable bonds is 2. The number of pyridine rings is 1. The molecular formula is C8H3ClF2N2O2. The van der Waals surface area contributed by atoms with Crippen LogP contribution < -0.4 is 0 Å². The molecule has 15 heavy (non-hydrogen) atoms. The lowest BCUT2D eigenvalue weighted by Gasteiger charge is -2.04. The van der Waals surface area contributed by atoms with Crippen LogP contribution in [-0.2, 0) is 0 Å². The van der Waals surface area contributed by atoms with Crippen LogP contribution in [-0.4, -0.2) is 15.3 Å². The normalized spacial score (nSPS) is 10.1. The Balaban J connectivity index is 3.47. The van der Waals surface area contributed by atoms with Crippen molar-refractivity contribution >= 4 is 16.8 Å². The smallest absolute Gasteiger partial charge is 0.280 e. The highest BCUT2D eigenvalue weighted by Crippen LogP contribution is 2.26. The summed E-state index contributed by atoms with van der Waals surface area (Å²) in [5, 5.41) is 16.5. The van der Waals surface area contributed by atoms with Crippen molar-refractivity contribution in [1.82, 2.24) is 4.98 Å². The molecule has 7 heteroatoms. The number of hydrogen-bond acceptors (Lipinski definition) is 4. The second-order valence-electron chi connectivity index (χ2n) is 2.48. The third kappa shape index (κ3) is 2.19. The molecule has 4 nitrogen and oxygen atoms in total. The summed E-state index contributed by atoms with van der Waals surface area (Å²) in [6, 6.07) is 2.15. The molecule has 0 atom stereocenters. The van der Waals surface area contributed by atoms with Gasteiger partial charge in [0.15, 0.2) is 11.4 Å². The van der Waals surface area contributed by atoms with E-state index in [-0.39, 0.29) is 0 Å². The maximum atomic E-state index is 12.3. The quantitative estimate of drug-likeness (QED) is 0.791. The molecule has 0 spiro atoms. The van der Waals surface area contributed by atoms with Crippen molar-refractivity contribution in [3.05, 3.63) is 23.0 Å². The first-order valence-electron chi connectivity index (χ1n) is 3.59. The Bertz CT molecular complexity index is 457. The third-order valence-corrected chi connectivity index (χ3v) is 1.72. The van der Waals surface area contributed by atoms with Crippen LogP contribution >= 0.6 is 11.6 Å². The molecule has 0 saturated carbocycles. The minimum atomic E-state index is -2.95. The minimum absolute atomic E-state index is 0.468. The highest BCUT2D eigenvalue weighted by Gasteiger charge is 2.20. The highest BCUT2D eigenvalue weighted by molar-refractivity contribution is 6.67. The van der Waals surface area contributed by atoms with Gasteiger partial charge in [-0.05, 0) is 17.7 Å². The molecule has 0 bridgehead atoms. The van der Waals surface area contributed by atoms with Gasteiger partial charge in [-0.25, -0.2) is 13.8 Å². The number of aromatic hydroxyl groups is 1. The molecule has 0 aliphatic carbocycles. The van der Waals surface area contributed by atoms with Gasteiger partial charge in [0.1, 0.15) is 11.8 Å². The van der Waals surface area contributed by atoms with Crippen molar-refractivity contribution in [3.63, 3.8) is 0 Å². The van der Waals surface area contributed by atoms with E-state index in [0.29, 0.717) is 6.07 Å². The Morgan fingerprint density at radius 3 is 2.67 bits per heavy atom. The second kappa shape index (κ2) is 4.19. The first-order valence-corrected chi connectivity index (χ1v) is 3.97. The SMILES string of the molecule is N#Cc1cc(C(F)F)nc(C(=O)Cl)c1O. The van der Waals surface area contributed by atoms with Crippen LogP contribution in [0.15, 0.2) is 6.07 Å². The molecule has 1 aromatic rings. The van der Waals surface area contributed by atoms with Gasteiger partial charge in [0.25, 0.3) is 11.7 Å². The van der Waals surface area contributed by atoms with Gasteiger partial charge in [-0.1, -0.05) is 0 Å². The summed E-state index contributed by atoms with van der Waals surface area (Å²) in [5.41, 5.74) is -2.00. The fraction of sp³-hybridized carbons (Fsp3) is 0.125. The molecule has 1 rings (SSSR count). The Kier molecular flexibility index (Phi) is 3.17. The fourth-order valence-corrected chi connectivity index (χ4v) is 1.02. The lowest BCUT2D eigenvalue weighted by atomic mass is 10.2. The molecule has 0 aromatic carbocycles. The van der Waals surface area contributed by atoms with Crippen LogP contribution in [0.25, 0.3) is 0 Å². The van der Waals surface area contributed by atoms with Gasteiger partial charge in [-0.2, -0.15) is 5.26 Å². The van der Waals surface area contributed by atoms with Crippen molar-refractivity contribution in [2.24, 2.45) is 0 Å². The van der Waals surface area contributed by atoms with Crippen molar-refractivity contribution in [2.75, 3.05) is 0 Å². The van der Waals surface area contributed by atoms with Crippen molar-refractivity contribution < 1.29 is 18.7 Å². The zero-order chi connectivity index (χ0) is 11.6. The van der Waals surface area contributed by atoms with E-state index in [1.54, 1.807) is 0 Å². The Labute approximate surface area is 87.7 Å². The van der Waals surface area contributed by atoms with Crippen LogP contribution in [0.2, 0.25) is 0 Å². The topological polar surface area (TPSA) is 74.0 Å². The van der Waals surface area contributed by atoms with Gasteiger partial charge in [0, 0.05) is 0 Å². The van der Waals surface area contributed by atoms with E-state index >= 15 is 0 Å². The molecule has 0 saturated heterocycles. The molecule has 0 amide bonds. The monoisotopic (exact) mass is 232 g/mol. The predicted octanol–water partition coefficient (Wildman–Crippen LogP) is 1.98. The molecule has 78 valence electrons. The largest absolute Gasteiger partial charge is 0.504 e. The molecule has 1 N–H and O–H groups in total. The average molecular weight is 233 g/mol.